The maximum Gasteiger partial charge on any atom is 0.410 e. The topological polar surface area (TPSA) is 108 Å². The lowest BCUT2D eigenvalue weighted by Gasteiger charge is -2.34. The van der Waals surface area contributed by atoms with Crippen molar-refractivity contribution in [3.05, 3.63) is 54.0 Å². The summed E-state index contributed by atoms with van der Waals surface area (Å²) < 4.78 is 19.8. The van der Waals surface area contributed by atoms with E-state index in [0.717, 1.165) is 11.1 Å². The van der Waals surface area contributed by atoms with Crippen LogP contribution in [0.15, 0.2) is 42.9 Å². The number of halogens is 1. The highest BCUT2D eigenvalue weighted by Crippen LogP contribution is 2.21. The van der Waals surface area contributed by atoms with Crippen LogP contribution in [0.25, 0.3) is 0 Å². The predicted octanol–water partition coefficient (Wildman–Crippen LogP) is 2.41. The lowest BCUT2D eigenvalue weighted by molar-refractivity contribution is 0.0522. The Labute approximate surface area is 174 Å². The molecule has 1 saturated heterocycles. The van der Waals surface area contributed by atoms with E-state index in [1.807, 2.05) is 31.2 Å². The zero-order valence-electron chi connectivity index (χ0n) is 16.7. The molecule has 0 radical (unpaired) electrons. The van der Waals surface area contributed by atoms with E-state index in [2.05, 4.69) is 26.1 Å². The number of aromatic nitrogens is 2. The highest BCUT2D eigenvalue weighted by Gasteiger charge is 2.32. The molecule has 3 amide bonds. The number of likely N-dealkylation sites (tertiary alicyclic amines) is 1. The quantitative estimate of drug-likeness (QED) is 0.624. The minimum atomic E-state index is -1.25. The molecule has 1 fully saturated rings. The number of alkyl halides is 1. The molecule has 2 atom stereocenters. The van der Waals surface area contributed by atoms with Crippen molar-refractivity contribution < 1.29 is 18.7 Å². The van der Waals surface area contributed by atoms with Crippen molar-refractivity contribution in [2.75, 3.05) is 25.1 Å². The summed E-state index contributed by atoms with van der Waals surface area (Å²) in [7, 11) is 0. The molecule has 3 N–H and O–H groups in total. The van der Waals surface area contributed by atoms with Crippen LogP contribution in [0.1, 0.15) is 17.5 Å². The van der Waals surface area contributed by atoms with Crippen LogP contribution in [-0.2, 0) is 11.3 Å². The molecule has 2 unspecified atom stereocenters. The van der Waals surface area contributed by atoms with Crippen molar-refractivity contribution in [2.24, 2.45) is 5.92 Å². The molecule has 2 heterocycles. The molecular formula is C20H25FN6O3. The molecule has 2 aromatic rings. The van der Waals surface area contributed by atoms with Gasteiger partial charge < -0.3 is 15.0 Å². The summed E-state index contributed by atoms with van der Waals surface area (Å²) in [4.78, 5) is 33.2. The van der Waals surface area contributed by atoms with Crippen molar-refractivity contribution in [1.29, 1.82) is 0 Å². The van der Waals surface area contributed by atoms with Gasteiger partial charge >= 0.3 is 12.1 Å². The Morgan fingerprint density at radius 2 is 2.07 bits per heavy atom. The van der Waals surface area contributed by atoms with Gasteiger partial charge in [-0.05, 0) is 18.9 Å². The standard InChI is InChI=1S/C20H25FN6O3/c1-14-2-4-15(5-3-14)13-30-20(29)27-9-6-16(17(21)12-27)10-24-19(28)26-25-18-11-22-7-8-23-18/h2-5,7-8,11,16-17H,6,9-10,12-13H2,1H3,(H,23,25)(H2,24,26,28). The number of hydrogen-bond acceptors (Lipinski definition) is 6. The second-order valence-corrected chi connectivity index (χ2v) is 7.10. The summed E-state index contributed by atoms with van der Waals surface area (Å²) in [6.07, 6.45) is 3.09. The number of nitrogens with zero attached hydrogens (tertiary/aromatic N) is 3. The maximum absolute atomic E-state index is 14.5. The summed E-state index contributed by atoms with van der Waals surface area (Å²) in [5.41, 5.74) is 7.01. The number of carbonyl (C=O) groups is 2. The van der Waals surface area contributed by atoms with Crippen LogP contribution in [-0.4, -0.2) is 52.8 Å². The number of carbonyl (C=O) groups excluding carboxylic acids is 2. The van der Waals surface area contributed by atoms with E-state index >= 15 is 0 Å². The number of aryl methyl sites for hydroxylation is 1. The molecule has 160 valence electrons. The minimum absolute atomic E-state index is 0.0570. The SMILES string of the molecule is Cc1ccc(COC(=O)N2CCC(CNC(=O)NNc3cnccn3)C(F)C2)cc1. The van der Waals surface area contributed by atoms with E-state index < -0.39 is 18.3 Å². The Bertz CT molecular complexity index is 836. The maximum atomic E-state index is 14.5. The smallest absolute Gasteiger partial charge is 0.410 e. The molecule has 10 heteroatoms. The van der Waals surface area contributed by atoms with Gasteiger partial charge in [-0.15, -0.1) is 0 Å². The molecule has 0 aliphatic carbocycles. The number of hydrazine groups is 1. The van der Waals surface area contributed by atoms with Crippen molar-refractivity contribution in [1.82, 2.24) is 25.6 Å². The second-order valence-electron chi connectivity index (χ2n) is 7.10. The van der Waals surface area contributed by atoms with E-state index in [4.69, 9.17) is 4.74 Å². The Hall–Kier alpha value is -3.43. The molecule has 9 nitrogen and oxygen atoms in total. The van der Waals surface area contributed by atoms with Crippen LogP contribution in [0.4, 0.5) is 19.8 Å². The van der Waals surface area contributed by atoms with Crippen LogP contribution in [0.2, 0.25) is 0 Å². The van der Waals surface area contributed by atoms with E-state index in [1.54, 1.807) is 0 Å². The average Bonchev–Trinajstić information content (AvgIpc) is 2.77. The Kier molecular flexibility index (Phi) is 7.36. The van der Waals surface area contributed by atoms with Gasteiger partial charge in [0.15, 0.2) is 5.82 Å². The van der Waals surface area contributed by atoms with Crippen LogP contribution < -0.4 is 16.2 Å². The number of ether oxygens (including phenoxy) is 1. The van der Waals surface area contributed by atoms with Crippen molar-refractivity contribution in [3.8, 4) is 0 Å². The zero-order chi connectivity index (χ0) is 21.3. The number of benzene rings is 1. The summed E-state index contributed by atoms with van der Waals surface area (Å²) >= 11 is 0. The van der Waals surface area contributed by atoms with Crippen molar-refractivity contribution >= 4 is 17.9 Å². The Morgan fingerprint density at radius 1 is 1.27 bits per heavy atom. The summed E-state index contributed by atoms with van der Waals surface area (Å²) in [6, 6.07) is 7.16. The first-order chi connectivity index (χ1) is 14.5. The third kappa shape index (κ3) is 6.29. The molecule has 1 aromatic carbocycles. The first kappa shape index (κ1) is 21.3. The summed E-state index contributed by atoms with van der Waals surface area (Å²) in [5.74, 6) is 0.00175. The van der Waals surface area contributed by atoms with Gasteiger partial charge in [-0.25, -0.2) is 19.0 Å². The fraction of sp³-hybridized carbons (Fsp3) is 0.400. The molecule has 0 spiro atoms. The van der Waals surface area contributed by atoms with Crippen LogP contribution in [0.5, 0.6) is 0 Å². The largest absolute Gasteiger partial charge is 0.445 e. The fourth-order valence-electron chi connectivity index (χ4n) is 3.02. The molecule has 0 bridgehead atoms. The van der Waals surface area contributed by atoms with Crippen LogP contribution >= 0.6 is 0 Å². The van der Waals surface area contributed by atoms with Gasteiger partial charge in [0, 0.05) is 31.4 Å². The molecule has 3 rings (SSSR count). The minimum Gasteiger partial charge on any atom is -0.445 e. The fourth-order valence-corrected chi connectivity index (χ4v) is 3.02. The van der Waals surface area contributed by atoms with E-state index in [0.29, 0.717) is 18.8 Å². The molecule has 30 heavy (non-hydrogen) atoms. The van der Waals surface area contributed by atoms with Gasteiger partial charge in [0.1, 0.15) is 12.8 Å². The van der Waals surface area contributed by atoms with E-state index in [9.17, 15) is 14.0 Å². The van der Waals surface area contributed by atoms with Crippen LogP contribution in [0.3, 0.4) is 0 Å². The monoisotopic (exact) mass is 416 g/mol. The number of piperidine rings is 1. The average molecular weight is 416 g/mol. The Morgan fingerprint density at radius 3 is 2.77 bits per heavy atom. The normalized spacial score (nSPS) is 18.4. The van der Waals surface area contributed by atoms with E-state index in [1.165, 1.54) is 23.5 Å². The third-order valence-electron chi connectivity index (χ3n) is 4.81. The third-order valence-corrected chi connectivity index (χ3v) is 4.81. The Balaban J connectivity index is 1.36. The molecule has 0 saturated carbocycles. The highest BCUT2D eigenvalue weighted by molar-refractivity contribution is 5.75. The van der Waals surface area contributed by atoms with Gasteiger partial charge in [-0.3, -0.25) is 15.8 Å². The van der Waals surface area contributed by atoms with Crippen molar-refractivity contribution in [3.63, 3.8) is 0 Å². The van der Waals surface area contributed by atoms with Gasteiger partial charge in [0.25, 0.3) is 0 Å². The molecular weight excluding hydrogens is 391 g/mol. The van der Waals surface area contributed by atoms with Gasteiger partial charge in [-0.2, -0.15) is 0 Å². The number of hydrogen-bond donors (Lipinski definition) is 3. The molecule has 1 aliphatic heterocycles. The number of amides is 3. The number of anilines is 1. The first-order valence-electron chi connectivity index (χ1n) is 9.68. The van der Waals surface area contributed by atoms with Crippen LogP contribution in [0, 0.1) is 12.8 Å². The van der Waals surface area contributed by atoms with Crippen molar-refractivity contribution in [2.45, 2.75) is 26.1 Å². The summed E-state index contributed by atoms with van der Waals surface area (Å²) in [6.45, 7) is 2.60. The lowest BCUT2D eigenvalue weighted by atomic mass is 9.95. The van der Waals surface area contributed by atoms with Gasteiger partial charge in [0.2, 0.25) is 0 Å². The molecule has 1 aliphatic rings. The number of nitrogens with one attached hydrogen (secondary N) is 3. The number of rotatable bonds is 6. The van der Waals surface area contributed by atoms with E-state index in [-0.39, 0.29) is 25.6 Å². The highest BCUT2D eigenvalue weighted by atomic mass is 19.1. The number of urea groups is 1. The lowest BCUT2D eigenvalue weighted by Crippen LogP contribution is -2.49. The zero-order valence-corrected chi connectivity index (χ0v) is 16.7. The molecule has 1 aromatic heterocycles. The van der Waals surface area contributed by atoms with Gasteiger partial charge in [-0.1, -0.05) is 29.8 Å². The second kappa shape index (κ2) is 10.4. The first-order valence-corrected chi connectivity index (χ1v) is 9.68. The summed E-state index contributed by atoms with van der Waals surface area (Å²) in [5, 5.41) is 2.61. The van der Waals surface area contributed by atoms with Gasteiger partial charge in [0.05, 0.1) is 12.7 Å². The predicted molar refractivity (Wildman–Crippen MR) is 108 cm³/mol.